The monoisotopic (exact) mass is 398 g/mol. The van der Waals surface area contributed by atoms with E-state index in [0.717, 1.165) is 23.8 Å². The number of nitro groups is 2. The Morgan fingerprint density at radius 3 is 1.59 bits per heavy atom. The van der Waals surface area contributed by atoms with Crippen LogP contribution in [0.5, 0.6) is 0 Å². The van der Waals surface area contributed by atoms with Crippen molar-refractivity contribution in [3.8, 4) is 0 Å². The molecule has 3 rings (SSSR count). The highest BCUT2D eigenvalue weighted by molar-refractivity contribution is 5.96. The first-order valence-electron chi connectivity index (χ1n) is 8.85. The number of hydrogen-bond acceptors (Lipinski definition) is 6. The molecule has 1 heterocycles. The van der Waals surface area contributed by atoms with E-state index >= 15 is 0 Å². The maximum Gasteiger partial charge on any atom is 0.277 e. The second-order valence-corrected chi connectivity index (χ2v) is 6.70. The Kier molecular flexibility index (Phi) is 5.53. The van der Waals surface area contributed by atoms with Crippen molar-refractivity contribution in [1.29, 1.82) is 0 Å². The van der Waals surface area contributed by atoms with Crippen LogP contribution in [-0.4, -0.2) is 57.6 Å². The van der Waals surface area contributed by atoms with E-state index < -0.39 is 27.1 Å². The fourth-order valence-electron chi connectivity index (χ4n) is 3.10. The molecular formula is C19H18N4O6. The molecule has 0 unspecified atom stereocenters. The highest BCUT2D eigenvalue weighted by Crippen LogP contribution is 2.24. The summed E-state index contributed by atoms with van der Waals surface area (Å²) in [5, 5.41) is 22.0. The van der Waals surface area contributed by atoms with Gasteiger partial charge in [0.15, 0.2) is 0 Å². The molecule has 150 valence electrons. The Hall–Kier alpha value is -3.82. The Bertz CT molecular complexity index is 948. The average molecular weight is 398 g/mol. The van der Waals surface area contributed by atoms with Gasteiger partial charge in [-0.3, -0.25) is 29.8 Å². The minimum absolute atomic E-state index is 0.121. The highest BCUT2D eigenvalue weighted by Gasteiger charge is 2.28. The van der Waals surface area contributed by atoms with E-state index in [1.807, 2.05) is 19.1 Å². The number of carbonyl (C=O) groups is 2. The number of rotatable bonds is 4. The number of hydrogen-bond donors (Lipinski definition) is 0. The Labute approximate surface area is 165 Å². The van der Waals surface area contributed by atoms with Gasteiger partial charge >= 0.3 is 0 Å². The largest absolute Gasteiger partial charge is 0.335 e. The second kappa shape index (κ2) is 8.05. The van der Waals surface area contributed by atoms with Gasteiger partial charge < -0.3 is 9.80 Å². The van der Waals surface area contributed by atoms with Gasteiger partial charge in [-0.15, -0.1) is 0 Å². The van der Waals surface area contributed by atoms with Gasteiger partial charge in [-0.2, -0.15) is 0 Å². The van der Waals surface area contributed by atoms with E-state index in [1.165, 1.54) is 4.90 Å². The molecule has 0 aromatic heterocycles. The zero-order valence-corrected chi connectivity index (χ0v) is 15.6. The maximum absolute atomic E-state index is 12.7. The van der Waals surface area contributed by atoms with Crippen molar-refractivity contribution < 1.29 is 19.4 Å². The van der Waals surface area contributed by atoms with Crippen molar-refractivity contribution >= 4 is 23.2 Å². The summed E-state index contributed by atoms with van der Waals surface area (Å²) in [5.41, 5.74) is 0.448. The van der Waals surface area contributed by atoms with Crippen LogP contribution in [0.2, 0.25) is 0 Å². The number of carbonyl (C=O) groups excluding carboxylic acids is 2. The van der Waals surface area contributed by atoms with E-state index in [-0.39, 0.29) is 24.6 Å². The second-order valence-electron chi connectivity index (χ2n) is 6.70. The smallest absolute Gasteiger partial charge is 0.277 e. The number of nitro benzene ring substituents is 2. The van der Waals surface area contributed by atoms with Crippen LogP contribution in [0.1, 0.15) is 26.3 Å². The predicted octanol–water partition coefficient (Wildman–Crippen LogP) is 2.41. The van der Waals surface area contributed by atoms with Gasteiger partial charge in [-0.1, -0.05) is 17.7 Å². The maximum atomic E-state index is 12.7. The molecule has 10 nitrogen and oxygen atoms in total. The molecule has 0 radical (unpaired) electrons. The van der Waals surface area contributed by atoms with Crippen molar-refractivity contribution in [1.82, 2.24) is 9.80 Å². The number of non-ortho nitro benzene ring substituents is 2. The third-order valence-electron chi connectivity index (χ3n) is 4.72. The summed E-state index contributed by atoms with van der Waals surface area (Å²) >= 11 is 0. The summed E-state index contributed by atoms with van der Waals surface area (Å²) in [6.07, 6.45) is 0. The SMILES string of the molecule is Cc1ccc(C(=O)N2CCN(C(=O)c3cc([N+](=O)[O-])cc([N+](=O)[O-])c3)CC2)cc1. The molecule has 1 saturated heterocycles. The van der Waals surface area contributed by atoms with Crippen molar-refractivity contribution in [2.75, 3.05) is 26.2 Å². The van der Waals surface area contributed by atoms with Crippen molar-refractivity contribution in [3.05, 3.63) is 79.4 Å². The molecule has 0 spiro atoms. The summed E-state index contributed by atoms with van der Waals surface area (Å²) in [7, 11) is 0. The van der Waals surface area contributed by atoms with Gasteiger partial charge in [0.25, 0.3) is 23.2 Å². The van der Waals surface area contributed by atoms with Gasteiger partial charge in [-0.25, -0.2) is 0 Å². The number of nitrogens with zero attached hydrogens (tertiary/aromatic N) is 4. The van der Waals surface area contributed by atoms with Crippen LogP contribution in [0.15, 0.2) is 42.5 Å². The van der Waals surface area contributed by atoms with Gasteiger partial charge in [0.1, 0.15) is 0 Å². The number of benzene rings is 2. The first-order chi connectivity index (χ1) is 13.8. The minimum atomic E-state index is -0.776. The predicted molar refractivity (Wildman–Crippen MR) is 103 cm³/mol. The third-order valence-corrected chi connectivity index (χ3v) is 4.72. The molecule has 2 aromatic carbocycles. The lowest BCUT2D eigenvalue weighted by Crippen LogP contribution is -2.50. The minimum Gasteiger partial charge on any atom is -0.335 e. The highest BCUT2D eigenvalue weighted by atomic mass is 16.6. The Morgan fingerprint density at radius 1 is 0.759 bits per heavy atom. The molecular weight excluding hydrogens is 380 g/mol. The first-order valence-corrected chi connectivity index (χ1v) is 8.85. The van der Waals surface area contributed by atoms with Crippen molar-refractivity contribution in [2.24, 2.45) is 0 Å². The molecule has 29 heavy (non-hydrogen) atoms. The van der Waals surface area contributed by atoms with Crippen LogP contribution in [0.25, 0.3) is 0 Å². The molecule has 0 aliphatic carbocycles. The van der Waals surface area contributed by atoms with Gasteiger partial charge in [-0.05, 0) is 19.1 Å². The lowest BCUT2D eigenvalue weighted by Gasteiger charge is -2.34. The van der Waals surface area contributed by atoms with Crippen LogP contribution in [0.3, 0.4) is 0 Å². The van der Waals surface area contributed by atoms with Gasteiger partial charge in [0.2, 0.25) is 0 Å². The van der Waals surface area contributed by atoms with Crippen LogP contribution >= 0.6 is 0 Å². The lowest BCUT2D eigenvalue weighted by atomic mass is 10.1. The topological polar surface area (TPSA) is 127 Å². The van der Waals surface area contributed by atoms with Crippen LogP contribution in [-0.2, 0) is 0 Å². The summed E-state index contributed by atoms with van der Waals surface area (Å²) in [5.74, 6) is -0.678. The summed E-state index contributed by atoms with van der Waals surface area (Å²) in [6, 6.07) is 10.1. The molecule has 1 aliphatic heterocycles. The standard InChI is InChI=1S/C19H18N4O6/c1-13-2-4-14(5-3-13)18(24)20-6-8-21(9-7-20)19(25)15-10-16(22(26)27)12-17(11-15)23(28)29/h2-5,10-12H,6-9H2,1H3. The molecule has 1 fully saturated rings. The van der Waals surface area contributed by atoms with Crippen molar-refractivity contribution in [2.45, 2.75) is 6.92 Å². The number of aryl methyl sites for hydroxylation is 1. The number of amides is 2. The average Bonchev–Trinajstić information content (AvgIpc) is 2.73. The molecule has 0 atom stereocenters. The summed E-state index contributed by atoms with van der Waals surface area (Å²) < 4.78 is 0. The zero-order valence-electron chi connectivity index (χ0n) is 15.6. The van der Waals surface area contributed by atoms with E-state index in [9.17, 15) is 29.8 Å². The Balaban J connectivity index is 1.71. The van der Waals surface area contributed by atoms with Crippen LogP contribution in [0, 0.1) is 27.2 Å². The third kappa shape index (κ3) is 4.37. The fourth-order valence-corrected chi connectivity index (χ4v) is 3.10. The lowest BCUT2D eigenvalue weighted by molar-refractivity contribution is -0.394. The van der Waals surface area contributed by atoms with E-state index in [2.05, 4.69) is 0 Å². The summed E-state index contributed by atoms with van der Waals surface area (Å²) in [4.78, 5) is 48.8. The molecule has 2 aromatic rings. The summed E-state index contributed by atoms with van der Waals surface area (Å²) in [6.45, 7) is 2.99. The zero-order chi connectivity index (χ0) is 21.1. The fraction of sp³-hybridized carbons (Fsp3) is 0.263. The molecule has 2 amide bonds. The molecule has 0 N–H and O–H groups in total. The van der Waals surface area contributed by atoms with E-state index in [4.69, 9.17) is 0 Å². The number of piperazine rings is 1. The molecule has 0 saturated carbocycles. The quantitative estimate of drug-likeness (QED) is 0.575. The van der Waals surface area contributed by atoms with Crippen molar-refractivity contribution in [3.63, 3.8) is 0 Å². The van der Waals surface area contributed by atoms with Crippen LogP contribution < -0.4 is 0 Å². The molecule has 0 bridgehead atoms. The van der Waals surface area contributed by atoms with Crippen LogP contribution in [0.4, 0.5) is 11.4 Å². The van der Waals surface area contributed by atoms with Gasteiger partial charge in [0.05, 0.1) is 21.5 Å². The normalized spacial score (nSPS) is 13.8. The Morgan fingerprint density at radius 2 is 1.17 bits per heavy atom. The molecule has 1 aliphatic rings. The molecule has 10 heteroatoms. The van der Waals surface area contributed by atoms with E-state index in [1.54, 1.807) is 17.0 Å². The van der Waals surface area contributed by atoms with E-state index in [0.29, 0.717) is 18.7 Å². The first kappa shape index (κ1) is 19.9. The van der Waals surface area contributed by atoms with Gasteiger partial charge in [0, 0.05) is 43.9 Å².